The maximum absolute atomic E-state index is 6.53. The summed E-state index contributed by atoms with van der Waals surface area (Å²) in [6, 6.07) is 8.23. The summed E-state index contributed by atoms with van der Waals surface area (Å²) in [4.78, 5) is 12.9. The monoisotopic (exact) mass is 435 g/mol. The Bertz CT molecular complexity index is 791. The van der Waals surface area contributed by atoms with Gasteiger partial charge in [0.1, 0.15) is 5.01 Å². The lowest BCUT2D eigenvalue weighted by molar-refractivity contribution is 0.0170. The minimum Gasteiger partial charge on any atom is -0.379 e. The van der Waals surface area contributed by atoms with E-state index >= 15 is 0 Å². The van der Waals surface area contributed by atoms with Gasteiger partial charge in [0, 0.05) is 42.3 Å². The second-order valence-electron chi connectivity index (χ2n) is 6.84. The molecule has 8 heteroatoms. The number of aliphatic imine (C=N–C) groups is 1. The number of halogens is 1. The molecule has 0 saturated carbocycles. The van der Waals surface area contributed by atoms with Gasteiger partial charge in [0.05, 0.1) is 25.8 Å². The molecule has 2 aromatic rings. The molecule has 1 aliphatic heterocycles. The lowest BCUT2D eigenvalue weighted by atomic mass is 10.0. The smallest absolute Gasteiger partial charge is 0.191 e. The Morgan fingerprint density at radius 3 is 2.76 bits per heavy atom. The quantitative estimate of drug-likeness (QED) is 0.491. The van der Waals surface area contributed by atoms with E-state index in [1.54, 1.807) is 11.3 Å². The van der Waals surface area contributed by atoms with Gasteiger partial charge < -0.3 is 15.4 Å². The van der Waals surface area contributed by atoms with Crippen molar-refractivity contribution in [3.63, 3.8) is 0 Å². The summed E-state index contributed by atoms with van der Waals surface area (Å²) in [5.74, 6) is 0.797. The van der Waals surface area contributed by atoms with Crippen molar-refractivity contribution in [3.05, 3.63) is 50.9 Å². The van der Waals surface area contributed by atoms with E-state index in [2.05, 4.69) is 40.4 Å². The molecule has 6 nitrogen and oxygen atoms in total. The molecule has 1 unspecified atom stereocenters. The average molecular weight is 436 g/mol. The first kappa shape index (κ1) is 22.0. The van der Waals surface area contributed by atoms with Gasteiger partial charge in [0.25, 0.3) is 0 Å². The molecular formula is C21H30ClN5OS. The van der Waals surface area contributed by atoms with Crippen molar-refractivity contribution < 1.29 is 4.74 Å². The fourth-order valence-electron chi connectivity index (χ4n) is 3.34. The van der Waals surface area contributed by atoms with Crippen LogP contribution in [0.15, 0.2) is 35.5 Å². The average Bonchev–Trinajstić information content (AvgIpc) is 3.22. The highest BCUT2D eigenvalue weighted by atomic mass is 35.5. The van der Waals surface area contributed by atoms with E-state index in [-0.39, 0.29) is 6.04 Å². The third-order valence-corrected chi connectivity index (χ3v) is 6.35. The van der Waals surface area contributed by atoms with Crippen LogP contribution in [-0.2, 0) is 17.7 Å². The first-order valence-corrected chi connectivity index (χ1v) is 11.4. The Balaban J connectivity index is 1.70. The number of hydrogen-bond donors (Lipinski definition) is 2. The van der Waals surface area contributed by atoms with Gasteiger partial charge >= 0.3 is 0 Å². The Kier molecular flexibility index (Phi) is 8.73. The third kappa shape index (κ3) is 6.40. The van der Waals surface area contributed by atoms with Gasteiger partial charge in [-0.25, -0.2) is 9.98 Å². The van der Waals surface area contributed by atoms with E-state index < -0.39 is 0 Å². The van der Waals surface area contributed by atoms with Crippen molar-refractivity contribution in [2.75, 3.05) is 39.4 Å². The van der Waals surface area contributed by atoms with Crippen molar-refractivity contribution in [1.82, 2.24) is 20.5 Å². The second-order valence-corrected chi connectivity index (χ2v) is 8.44. The Morgan fingerprint density at radius 1 is 1.28 bits per heavy atom. The summed E-state index contributed by atoms with van der Waals surface area (Å²) in [6.07, 6.45) is 2.96. The van der Waals surface area contributed by atoms with Crippen LogP contribution in [0.2, 0.25) is 5.02 Å². The van der Waals surface area contributed by atoms with Gasteiger partial charge in [0.2, 0.25) is 0 Å². The summed E-state index contributed by atoms with van der Waals surface area (Å²) in [5.41, 5.74) is 1.13. The van der Waals surface area contributed by atoms with Crippen LogP contribution in [0, 0.1) is 0 Å². The fourth-order valence-corrected chi connectivity index (χ4v) is 4.39. The Morgan fingerprint density at radius 2 is 2.07 bits per heavy atom. The first-order chi connectivity index (χ1) is 14.2. The highest BCUT2D eigenvalue weighted by Gasteiger charge is 2.24. The highest BCUT2D eigenvalue weighted by molar-refractivity contribution is 7.11. The lowest BCUT2D eigenvalue weighted by Gasteiger charge is -2.35. The molecule has 29 heavy (non-hydrogen) atoms. The number of morpholine rings is 1. The number of ether oxygens (including phenoxy) is 1. The number of guanidine groups is 1. The molecule has 2 N–H and O–H groups in total. The van der Waals surface area contributed by atoms with Gasteiger partial charge in [-0.3, -0.25) is 4.90 Å². The van der Waals surface area contributed by atoms with Crippen molar-refractivity contribution in [2.24, 2.45) is 4.99 Å². The normalized spacial score (nSPS) is 16.6. The number of thiazole rings is 1. The van der Waals surface area contributed by atoms with Crippen LogP contribution >= 0.6 is 22.9 Å². The van der Waals surface area contributed by atoms with E-state index in [0.717, 1.165) is 60.8 Å². The third-order valence-electron chi connectivity index (χ3n) is 4.88. The second kappa shape index (κ2) is 11.5. The highest BCUT2D eigenvalue weighted by Crippen LogP contribution is 2.27. The zero-order valence-electron chi connectivity index (χ0n) is 17.2. The summed E-state index contributed by atoms with van der Waals surface area (Å²) >= 11 is 8.26. The number of rotatable bonds is 8. The van der Waals surface area contributed by atoms with Crippen LogP contribution in [0.1, 0.15) is 35.3 Å². The number of benzene rings is 1. The maximum atomic E-state index is 6.53. The van der Waals surface area contributed by atoms with Crippen molar-refractivity contribution in [2.45, 2.75) is 32.9 Å². The van der Waals surface area contributed by atoms with E-state index in [4.69, 9.17) is 21.3 Å². The van der Waals surface area contributed by atoms with Gasteiger partial charge in [-0.2, -0.15) is 0 Å². The Hall–Kier alpha value is -1.67. The summed E-state index contributed by atoms with van der Waals surface area (Å²) in [6.45, 7) is 9.60. The SMILES string of the molecule is CCNC(=NCc1ncc(CC)s1)NCC(c1ccccc1Cl)N1CCOCC1. The molecule has 0 aliphatic carbocycles. The molecule has 1 saturated heterocycles. The topological polar surface area (TPSA) is 61.8 Å². The fraction of sp³-hybridized carbons (Fsp3) is 0.524. The lowest BCUT2D eigenvalue weighted by Crippen LogP contribution is -2.46. The zero-order chi connectivity index (χ0) is 20.5. The van der Waals surface area contributed by atoms with Gasteiger partial charge in [-0.1, -0.05) is 36.7 Å². The molecule has 0 bridgehead atoms. The van der Waals surface area contributed by atoms with Crippen LogP contribution in [-0.4, -0.2) is 55.2 Å². The molecule has 3 rings (SSSR count). The number of nitrogens with zero attached hydrogens (tertiary/aromatic N) is 3. The minimum absolute atomic E-state index is 0.156. The van der Waals surface area contributed by atoms with E-state index in [1.165, 1.54) is 4.88 Å². The molecular weight excluding hydrogens is 406 g/mol. The number of nitrogens with one attached hydrogen (secondary N) is 2. The van der Waals surface area contributed by atoms with Gasteiger partial charge in [-0.05, 0) is 25.0 Å². The number of aromatic nitrogens is 1. The number of hydrogen-bond acceptors (Lipinski definition) is 5. The molecule has 1 fully saturated rings. The van der Waals surface area contributed by atoms with Crippen LogP contribution in [0.3, 0.4) is 0 Å². The largest absolute Gasteiger partial charge is 0.379 e. The molecule has 1 aliphatic rings. The predicted molar refractivity (Wildman–Crippen MR) is 121 cm³/mol. The van der Waals surface area contributed by atoms with Crippen LogP contribution < -0.4 is 10.6 Å². The van der Waals surface area contributed by atoms with E-state index in [9.17, 15) is 0 Å². The van der Waals surface area contributed by atoms with E-state index in [0.29, 0.717) is 13.1 Å². The number of aryl methyl sites for hydroxylation is 1. The van der Waals surface area contributed by atoms with Crippen molar-refractivity contribution >= 4 is 28.9 Å². The zero-order valence-corrected chi connectivity index (χ0v) is 18.7. The van der Waals surface area contributed by atoms with Gasteiger partial charge in [0.15, 0.2) is 5.96 Å². The molecule has 0 spiro atoms. The van der Waals surface area contributed by atoms with Crippen LogP contribution in [0.4, 0.5) is 0 Å². The molecule has 0 radical (unpaired) electrons. The molecule has 2 heterocycles. The Labute approximate surface area is 182 Å². The molecule has 1 atom stereocenters. The molecule has 1 aromatic carbocycles. The van der Waals surface area contributed by atoms with E-state index in [1.807, 2.05) is 24.4 Å². The molecule has 1 aromatic heterocycles. The minimum atomic E-state index is 0.156. The maximum Gasteiger partial charge on any atom is 0.191 e. The molecule has 0 amide bonds. The summed E-state index contributed by atoms with van der Waals surface area (Å²) in [5, 5.41) is 8.68. The summed E-state index contributed by atoms with van der Waals surface area (Å²) in [7, 11) is 0. The first-order valence-electron chi connectivity index (χ1n) is 10.2. The van der Waals surface area contributed by atoms with Crippen molar-refractivity contribution in [1.29, 1.82) is 0 Å². The van der Waals surface area contributed by atoms with Crippen LogP contribution in [0.25, 0.3) is 0 Å². The standard InChI is InChI=1S/C21H30ClN5OS/c1-3-16-13-24-20(29-16)15-26-21(23-4-2)25-14-19(27-9-11-28-12-10-27)17-7-5-6-8-18(17)22/h5-8,13,19H,3-4,9-12,14-15H2,1-2H3,(H2,23,25,26). The summed E-state index contributed by atoms with van der Waals surface area (Å²) < 4.78 is 5.54. The molecule has 158 valence electrons. The van der Waals surface area contributed by atoms with Gasteiger partial charge in [-0.15, -0.1) is 11.3 Å². The van der Waals surface area contributed by atoms with Crippen LogP contribution in [0.5, 0.6) is 0 Å². The predicted octanol–water partition coefficient (Wildman–Crippen LogP) is 3.49. The van der Waals surface area contributed by atoms with Crippen molar-refractivity contribution in [3.8, 4) is 0 Å².